The van der Waals surface area contributed by atoms with Gasteiger partial charge in [-0.25, -0.2) is 0 Å². The normalized spacial score (nSPS) is 19.1. The molecule has 0 bridgehead atoms. The predicted octanol–water partition coefficient (Wildman–Crippen LogP) is 5.03. The molecule has 0 aliphatic carbocycles. The van der Waals surface area contributed by atoms with E-state index >= 15 is 0 Å². The Labute approximate surface area is 185 Å². The maximum Gasteiger partial charge on any atom is 0.418 e. The van der Waals surface area contributed by atoms with Crippen LogP contribution in [-0.2, 0) is 11.0 Å². The molecule has 1 unspecified atom stereocenters. The molecule has 2 heterocycles. The molecule has 0 saturated carbocycles. The largest absolute Gasteiger partial charge is 0.418 e. The van der Waals surface area contributed by atoms with Gasteiger partial charge in [-0.1, -0.05) is 25.1 Å². The molecule has 2 aromatic carbocycles. The number of nitrogens with one attached hydrogen (secondary N) is 2. The summed E-state index contributed by atoms with van der Waals surface area (Å²) in [6.07, 6.45) is -2.00. The number of para-hydroxylation sites is 1. The molecule has 0 aromatic heterocycles. The number of hydrogen-bond acceptors (Lipinski definition) is 4. The summed E-state index contributed by atoms with van der Waals surface area (Å²) in [6, 6.07) is 11.9. The van der Waals surface area contributed by atoms with Gasteiger partial charge in [0, 0.05) is 61.0 Å². The third kappa shape index (κ3) is 4.46. The smallest absolute Gasteiger partial charge is 0.368 e. The monoisotopic (exact) mass is 444 g/mol. The second kappa shape index (κ2) is 8.86. The Morgan fingerprint density at radius 3 is 2.53 bits per heavy atom. The van der Waals surface area contributed by atoms with E-state index in [-0.39, 0.29) is 17.3 Å². The van der Waals surface area contributed by atoms with E-state index in [4.69, 9.17) is 0 Å². The summed E-state index contributed by atoms with van der Waals surface area (Å²) in [6.45, 7) is 6.87. The summed E-state index contributed by atoms with van der Waals surface area (Å²) in [7, 11) is 0. The van der Waals surface area contributed by atoms with Crippen molar-refractivity contribution in [2.75, 3.05) is 41.7 Å². The van der Waals surface area contributed by atoms with Crippen LogP contribution in [0.5, 0.6) is 0 Å². The van der Waals surface area contributed by atoms with Crippen LogP contribution in [0.25, 0.3) is 5.57 Å². The minimum Gasteiger partial charge on any atom is -0.368 e. The molecule has 2 aliphatic rings. The molecule has 1 fully saturated rings. The number of piperazine rings is 1. The number of halogens is 3. The maximum atomic E-state index is 13.9. The number of hydrogen-bond donors (Lipinski definition) is 2. The molecule has 1 saturated heterocycles. The number of fused-ring (bicyclic) bond motifs is 1. The molecule has 0 radical (unpaired) electrons. The lowest BCUT2D eigenvalue weighted by Gasteiger charge is -2.39. The molecular weight excluding hydrogens is 417 g/mol. The number of rotatable bonds is 5. The van der Waals surface area contributed by atoms with E-state index < -0.39 is 11.7 Å². The van der Waals surface area contributed by atoms with Crippen LogP contribution in [0.3, 0.4) is 0 Å². The maximum absolute atomic E-state index is 13.9. The van der Waals surface area contributed by atoms with Crippen LogP contribution in [0.2, 0.25) is 0 Å². The van der Waals surface area contributed by atoms with Crippen molar-refractivity contribution in [3.8, 4) is 0 Å². The lowest BCUT2D eigenvalue weighted by atomic mass is 10.1. The minimum absolute atomic E-state index is 0.198. The van der Waals surface area contributed by atoms with E-state index in [1.54, 1.807) is 18.2 Å². The first kappa shape index (κ1) is 22.2. The van der Waals surface area contributed by atoms with Gasteiger partial charge in [-0.2, -0.15) is 13.2 Å². The lowest BCUT2D eigenvalue weighted by Crippen LogP contribution is -2.49. The summed E-state index contributed by atoms with van der Waals surface area (Å²) < 4.78 is 41.7. The van der Waals surface area contributed by atoms with E-state index in [0.717, 1.165) is 31.1 Å². The second-order valence-electron chi connectivity index (χ2n) is 8.21. The standard InChI is InChI=1S/C24H27F3N4O/c1-3-16(2)30-10-12-31(13-11-30)22-9-8-17(14-20(22)24(25,26)27)28-15-19-18-6-4-5-7-21(18)29-23(19)32/h4-9,14-16,28H,3,10-13H2,1-2H3,(H,29,32)/b19-15+. The average Bonchev–Trinajstić information content (AvgIpc) is 3.11. The van der Waals surface area contributed by atoms with Crippen molar-refractivity contribution in [1.82, 2.24) is 4.90 Å². The quantitative estimate of drug-likeness (QED) is 0.635. The Hall–Kier alpha value is -3.00. The van der Waals surface area contributed by atoms with Crippen LogP contribution in [-0.4, -0.2) is 43.0 Å². The highest BCUT2D eigenvalue weighted by molar-refractivity contribution is 6.31. The van der Waals surface area contributed by atoms with Crippen LogP contribution < -0.4 is 15.5 Å². The van der Waals surface area contributed by atoms with E-state index in [0.29, 0.717) is 30.4 Å². The summed E-state index contributed by atoms with van der Waals surface area (Å²) >= 11 is 0. The topological polar surface area (TPSA) is 47.6 Å². The number of nitrogens with zero attached hydrogens (tertiary/aromatic N) is 2. The van der Waals surface area contributed by atoms with Crippen LogP contribution in [0, 0.1) is 0 Å². The molecule has 32 heavy (non-hydrogen) atoms. The number of carbonyl (C=O) groups is 1. The van der Waals surface area contributed by atoms with E-state index in [1.165, 1.54) is 12.3 Å². The predicted molar refractivity (Wildman–Crippen MR) is 122 cm³/mol. The summed E-state index contributed by atoms with van der Waals surface area (Å²) in [4.78, 5) is 16.4. The van der Waals surface area contributed by atoms with E-state index in [1.807, 2.05) is 17.0 Å². The molecule has 5 nitrogen and oxygen atoms in total. The van der Waals surface area contributed by atoms with Gasteiger partial charge in [0.2, 0.25) is 0 Å². The van der Waals surface area contributed by atoms with E-state index in [9.17, 15) is 18.0 Å². The van der Waals surface area contributed by atoms with Gasteiger partial charge < -0.3 is 15.5 Å². The highest BCUT2D eigenvalue weighted by Gasteiger charge is 2.36. The molecule has 1 amide bonds. The van der Waals surface area contributed by atoms with Crippen molar-refractivity contribution >= 4 is 28.5 Å². The molecule has 2 aromatic rings. The van der Waals surface area contributed by atoms with Crippen molar-refractivity contribution in [3.05, 3.63) is 59.8 Å². The molecule has 1 atom stereocenters. The van der Waals surface area contributed by atoms with Gasteiger partial charge in [-0.05, 0) is 37.6 Å². The fourth-order valence-electron chi connectivity index (χ4n) is 4.23. The van der Waals surface area contributed by atoms with Crippen LogP contribution >= 0.6 is 0 Å². The summed E-state index contributed by atoms with van der Waals surface area (Å²) in [5.74, 6) is -0.287. The first-order valence-electron chi connectivity index (χ1n) is 10.9. The Balaban J connectivity index is 1.56. The number of carbonyl (C=O) groups excluding carboxylic acids is 1. The van der Waals surface area contributed by atoms with Crippen molar-refractivity contribution in [2.24, 2.45) is 0 Å². The Morgan fingerprint density at radius 2 is 1.84 bits per heavy atom. The van der Waals surface area contributed by atoms with Gasteiger partial charge >= 0.3 is 6.18 Å². The molecule has 8 heteroatoms. The van der Waals surface area contributed by atoms with Gasteiger partial charge in [0.15, 0.2) is 0 Å². The first-order valence-corrected chi connectivity index (χ1v) is 10.9. The number of alkyl halides is 3. The van der Waals surface area contributed by atoms with Crippen LogP contribution in [0.15, 0.2) is 48.7 Å². The van der Waals surface area contributed by atoms with Crippen molar-refractivity contribution in [1.29, 1.82) is 0 Å². The molecule has 0 spiro atoms. The zero-order chi connectivity index (χ0) is 22.9. The van der Waals surface area contributed by atoms with Gasteiger partial charge in [0.1, 0.15) is 0 Å². The van der Waals surface area contributed by atoms with Gasteiger partial charge in [0.05, 0.1) is 11.1 Å². The highest BCUT2D eigenvalue weighted by Crippen LogP contribution is 2.39. The molecular formula is C24H27F3N4O. The number of anilines is 3. The highest BCUT2D eigenvalue weighted by atomic mass is 19.4. The molecule has 2 N–H and O–H groups in total. The fraction of sp³-hybridized carbons (Fsp3) is 0.375. The zero-order valence-corrected chi connectivity index (χ0v) is 18.2. The first-order chi connectivity index (χ1) is 15.3. The van der Waals surface area contributed by atoms with Crippen molar-refractivity contribution in [2.45, 2.75) is 32.5 Å². The van der Waals surface area contributed by atoms with Crippen LogP contribution in [0.1, 0.15) is 31.4 Å². The Morgan fingerprint density at radius 1 is 1.12 bits per heavy atom. The number of amides is 1. The van der Waals surface area contributed by atoms with E-state index in [2.05, 4.69) is 29.4 Å². The lowest BCUT2D eigenvalue weighted by molar-refractivity contribution is -0.137. The second-order valence-corrected chi connectivity index (χ2v) is 8.21. The zero-order valence-electron chi connectivity index (χ0n) is 18.2. The van der Waals surface area contributed by atoms with Crippen molar-refractivity contribution < 1.29 is 18.0 Å². The minimum atomic E-state index is -4.48. The third-order valence-electron chi connectivity index (χ3n) is 6.26. The molecule has 4 rings (SSSR count). The van der Waals surface area contributed by atoms with Gasteiger partial charge in [-0.15, -0.1) is 0 Å². The average molecular weight is 445 g/mol. The SMILES string of the molecule is CCC(C)N1CCN(c2ccc(N/C=C3/C(=O)Nc4ccccc43)cc2C(F)(F)F)CC1. The third-order valence-corrected chi connectivity index (χ3v) is 6.26. The van der Waals surface area contributed by atoms with Crippen molar-refractivity contribution in [3.63, 3.8) is 0 Å². The Kier molecular flexibility index (Phi) is 6.15. The van der Waals surface area contributed by atoms with Gasteiger partial charge in [-0.3, -0.25) is 9.69 Å². The molecule has 2 aliphatic heterocycles. The summed E-state index contributed by atoms with van der Waals surface area (Å²) in [5, 5.41) is 5.63. The summed E-state index contributed by atoms with van der Waals surface area (Å²) in [5.41, 5.74) is 1.60. The van der Waals surface area contributed by atoms with Gasteiger partial charge in [0.25, 0.3) is 5.91 Å². The Bertz CT molecular complexity index is 1030. The van der Waals surface area contributed by atoms with Crippen LogP contribution in [0.4, 0.5) is 30.2 Å². The molecule has 170 valence electrons. The fourth-order valence-corrected chi connectivity index (χ4v) is 4.23. The number of benzene rings is 2.